The summed E-state index contributed by atoms with van der Waals surface area (Å²) in [4.78, 5) is 4.72. The number of nitrogens with zero attached hydrogens (tertiary/aromatic N) is 5. The first-order valence-electron chi connectivity index (χ1n) is 6.76. The third kappa shape index (κ3) is 2.18. The van der Waals surface area contributed by atoms with Crippen LogP contribution in [0.15, 0.2) is 24.4 Å². The average Bonchev–Trinajstić information content (AvgIpc) is 3.02. The van der Waals surface area contributed by atoms with E-state index in [1.165, 1.54) is 5.56 Å². The Morgan fingerprint density at radius 1 is 1.30 bits per heavy atom. The first-order chi connectivity index (χ1) is 9.71. The Hall–Kier alpha value is -2.21. The van der Waals surface area contributed by atoms with E-state index in [1.807, 2.05) is 6.20 Å². The van der Waals surface area contributed by atoms with Gasteiger partial charge in [0.2, 0.25) is 0 Å². The minimum atomic E-state index is 0.406. The molecule has 0 radical (unpaired) electrons. The lowest BCUT2D eigenvalue weighted by molar-refractivity contribution is 0.594. The first kappa shape index (κ1) is 12.8. The van der Waals surface area contributed by atoms with Crippen molar-refractivity contribution in [1.82, 2.24) is 24.5 Å². The highest BCUT2D eigenvalue weighted by molar-refractivity contribution is 5.76. The molecule has 104 valence electrons. The Bertz CT molecular complexity index is 739. The summed E-state index contributed by atoms with van der Waals surface area (Å²) in [5, 5.41) is 8.08. The molecule has 0 bridgehead atoms. The van der Waals surface area contributed by atoms with Crippen molar-refractivity contribution >= 4 is 11.0 Å². The number of imidazole rings is 1. The highest BCUT2D eigenvalue weighted by Crippen LogP contribution is 2.18. The van der Waals surface area contributed by atoms with Gasteiger partial charge in [0.1, 0.15) is 12.4 Å². The molecule has 20 heavy (non-hydrogen) atoms. The molecule has 3 aromatic rings. The largest absolute Gasteiger partial charge is 0.327 e. The molecule has 2 aromatic heterocycles. The highest BCUT2D eigenvalue weighted by atomic mass is 15.4. The molecule has 0 fully saturated rings. The molecule has 0 aliphatic rings. The second kappa shape index (κ2) is 5.05. The van der Waals surface area contributed by atoms with Crippen molar-refractivity contribution in [2.24, 2.45) is 5.73 Å². The Morgan fingerprint density at radius 2 is 2.15 bits per heavy atom. The smallest absolute Gasteiger partial charge is 0.131 e. The minimum Gasteiger partial charge on any atom is -0.327 e. The lowest BCUT2D eigenvalue weighted by Gasteiger charge is -2.05. The van der Waals surface area contributed by atoms with E-state index >= 15 is 0 Å². The topological polar surface area (TPSA) is 74.5 Å². The zero-order chi connectivity index (χ0) is 14.1. The fourth-order valence-electron chi connectivity index (χ4n) is 2.42. The average molecular weight is 270 g/mol. The van der Waals surface area contributed by atoms with Crippen LogP contribution in [0, 0.1) is 6.92 Å². The summed E-state index contributed by atoms with van der Waals surface area (Å²) >= 11 is 0. The van der Waals surface area contributed by atoms with Crippen molar-refractivity contribution in [2.45, 2.75) is 33.5 Å². The van der Waals surface area contributed by atoms with Gasteiger partial charge in [-0.15, -0.1) is 5.10 Å². The Morgan fingerprint density at radius 3 is 2.85 bits per heavy atom. The predicted octanol–water partition coefficient (Wildman–Crippen LogP) is 1.46. The van der Waals surface area contributed by atoms with Crippen molar-refractivity contribution in [1.29, 1.82) is 0 Å². The first-order valence-corrected chi connectivity index (χ1v) is 6.76. The van der Waals surface area contributed by atoms with E-state index in [0.29, 0.717) is 13.1 Å². The molecule has 3 rings (SSSR count). The molecule has 2 N–H and O–H groups in total. The maximum atomic E-state index is 5.55. The van der Waals surface area contributed by atoms with Crippen LogP contribution >= 0.6 is 0 Å². The van der Waals surface area contributed by atoms with Crippen molar-refractivity contribution in [3.8, 4) is 0 Å². The number of hydrogen-bond donors (Lipinski definition) is 1. The summed E-state index contributed by atoms with van der Waals surface area (Å²) in [5.74, 6) is 0.988. The fraction of sp³-hybridized carbons (Fsp3) is 0.357. The van der Waals surface area contributed by atoms with Crippen molar-refractivity contribution < 1.29 is 0 Å². The number of benzene rings is 1. The maximum Gasteiger partial charge on any atom is 0.131 e. The summed E-state index contributed by atoms with van der Waals surface area (Å²) in [7, 11) is 0. The van der Waals surface area contributed by atoms with Gasteiger partial charge < -0.3 is 10.3 Å². The van der Waals surface area contributed by atoms with Gasteiger partial charge in [-0.25, -0.2) is 9.67 Å². The van der Waals surface area contributed by atoms with Crippen LogP contribution in [0.3, 0.4) is 0 Å². The van der Waals surface area contributed by atoms with Crippen LogP contribution in [-0.2, 0) is 19.6 Å². The normalized spacial score (nSPS) is 11.3. The summed E-state index contributed by atoms with van der Waals surface area (Å²) in [6.45, 7) is 6.09. The predicted molar refractivity (Wildman–Crippen MR) is 77.2 cm³/mol. The Balaban J connectivity index is 2.01. The molecule has 0 aliphatic heterocycles. The molecule has 2 heterocycles. The second-order valence-corrected chi connectivity index (χ2v) is 4.88. The van der Waals surface area contributed by atoms with Gasteiger partial charge in [0.25, 0.3) is 0 Å². The number of hydrogen-bond acceptors (Lipinski definition) is 4. The lowest BCUT2D eigenvalue weighted by Crippen LogP contribution is -2.08. The van der Waals surface area contributed by atoms with Gasteiger partial charge in [0, 0.05) is 13.1 Å². The molecule has 0 saturated heterocycles. The lowest BCUT2D eigenvalue weighted by atomic mass is 10.2. The van der Waals surface area contributed by atoms with Crippen LogP contribution in [0.25, 0.3) is 11.0 Å². The summed E-state index contributed by atoms with van der Waals surface area (Å²) < 4.78 is 3.99. The van der Waals surface area contributed by atoms with Crippen molar-refractivity contribution in [2.75, 3.05) is 0 Å². The molecule has 0 spiro atoms. The summed E-state index contributed by atoms with van der Waals surface area (Å²) in [6.07, 6.45) is 1.87. The molecular weight excluding hydrogens is 252 g/mol. The van der Waals surface area contributed by atoms with Gasteiger partial charge in [-0.3, -0.25) is 0 Å². The highest BCUT2D eigenvalue weighted by Gasteiger charge is 2.11. The molecular formula is C14H18N6. The molecule has 0 saturated carbocycles. The number of nitrogens with two attached hydrogens (primary N) is 1. The summed E-state index contributed by atoms with van der Waals surface area (Å²) in [6, 6.07) is 6.34. The minimum absolute atomic E-state index is 0.406. The molecule has 0 aliphatic carbocycles. The second-order valence-electron chi connectivity index (χ2n) is 4.88. The van der Waals surface area contributed by atoms with Gasteiger partial charge >= 0.3 is 0 Å². The van der Waals surface area contributed by atoms with E-state index in [0.717, 1.165) is 29.1 Å². The van der Waals surface area contributed by atoms with Crippen LogP contribution in [-0.4, -0.2) is 24.5 Å². The zero-order valence-corrected chi connectivity index (χ0v) is 11.7. The number of aromatic nitrogens is 5. The van der Waals surface area contributed by atoms with E-state index in [9.17, 15) is 0 Å². The van der Waals surface area contributed by atoms with Gasteiger partial charge in [0.05, 0.1) is 22.9 Å². The van der Waals surface area contributed by atoms with Crippen LogP contribution in [0.5, 0.6) is 0 Å². The third-order valence-corrected chi connectivity index (χ3v) is 3.40. The Labute approximate surface area is 117 Å². The molecule has 0 atom stereocenters. The SMILES string of the molecule is CCn1c(Cn2cc(CN)nn2)nc2cc(C)ccc21. The van der Waals surface area contributed by atoms with Crippen LogP contribution in [0.4, 0.5) is 0 Å². The Kier molecular flexibility index (Phi) is 3.23. The van der Waals surface area contributed by atoms with Crippen LogP contribution < -0.4 is 5.73 Å². The van der Waals surface area contributed by atoms with E-state index in [-0.39, 0.29) is 0 Å². The van der Waals surface area contributed by atoms with E-state index in [4.69, 9.17) is 10.7 Å². The van der Waals surface area contributed by atoms with E-state index in [2.05, 4.69) is 46.9 Å². The number of aryl methyl sites for hydroxylation is 2. The monoisotopic (exact) mass is 270 g/mol. The maximum absolute atomic E-state index is 5.55. The summed E-state index contributed by atoms with van der Waals surface area (Å²) in [5.41, 5.74) is 9.75. The molecule has 0 amide bonds. The molecule has 0 unspecified atom stereocenters. The van der Waals surface area contributed by atoms with Gasteiger partial charge in [0.15, 0.2) is 0 Å². The van der Waals surface area contributed by atoms with Crippen molar-refractivity contribution in [3.63, 3.8) is 0 Å². The molecule has 6 heteroatoms. The molecule has 6 nitrogen and oxygen atoms in total. The van der Waals surface area contributed by atoms with Crippen LogP contribution in [0.1, 0.15) is 24.0 Å². The fourth-order valence-corrected chi connectivity index (χ4v) is 2.42. The van der Waals surface area contributed by atoms with Crippen molar-refractivity contribution in [3.05, 3.63) is 41.5 Å². The third-order valence-electron chi connectivity index (χ3n) is 3.40. The van der Waals surface area contributed by atoms with E-state index < -0.39 is 0 Å². The van der Waals surface area contributed by atoms with Gasteiger partial charge in [-0.05, 0) is 31.5 Å². The van der Waals surface area contributed by atoms with E-state index in [1.54, 1.807) is 4.68 Å². The standard InChI is InChI=1S/C14H18N6/c1-3-20-13-5-4-10(2)6-12(13)16-14(20)9-19-8-11(7-15)17-18-19/h4-6,8H,3,7,9,15H2,1-2H3. The number of fused-ring (bicyclic) bond motifs is 1. The van der Waals surface area contributed by atoms with Gasteiger partial charge in [-0.1, -0.05) is 11.3 Å². The van der Waals surface area contributed by atoms with Crippen LogP contribution in [0.2, 0.25) is 0 Å². The zero-order valence-electron chi connectivity index (χ0n) is 11.7. The number of rotatable bonds is 4. The quantitative estimate of drug-likeness (QED) is 0.779. The van der Waals surface area contributed by atoms with Gasteiger partial charge in [-0.2, -0.15) is 0 Å². The molecule has 1 aromatic carbocycles.